The molecule has 3 rings (SSSR count). The van der Waals surface area contributed by atoms with Crippen LogP contribution in [0.15, 0.2) is 12.1 Å². The Balaban J connectivity index is 0.00000100. The van der Waals surface area contributed by atoms with E-state index in [1.807, 2.05) is 19.9 Å². The molecule has 0 radical (unpaired) electrons. The van der Waals surface area contributed by atoms with E-state index in [9.17, 15) is 4.79 Å². The summed E-state index contributed by atoms with van der Waals surface area (Å²) in [5.74, 6) is 0.682. The van der Waals surface area contributed by atoms with E-state index < -0.39 is 0 Å². The maximum atomic E-state index is 11.9. The van der Waals surface area contributed by atoms with Crippen LogP contribution in [0.25, 0.3) is 6.08 Å². The van der Waals surface area contributed by atoms with E-state index in [1.165, 1.54) is 32.8 Å². The third-order valence-corrected chi connectivity index (χ3v) is 4.51. The van der Waals surface area contributed by atoms with Gasteiger partial charge in [0.2, 0.25) is 5.88 Å². The molecule has 6 nitrogen and oxygen atoms in total. The molecule has 0 atom stereocenters. The first-order valence-electron chi connectivity index (χ1n) is 8.65. The smallest absolute Gasteiger partial charge is 0.271 e. The number of hydrogen-bond donors (Lipinski definition) is 2. The van der Waals surface area contributed by atoms with Crippen molar-refractivity contribution in [1.29, 1.82) is 0 Å². The summed E-state index contributed by atoms with van der Waals surface area (Å²) in [4.78, 5) is 11.9. The Kier molecular flexibility index (Phi) is 6.31. The highest BCUT2D eigenvalue weighted by molar-refractivity contribution is 5.92. The zero-order chi connectivity index (χ0) is 17.6. The molecule has 1 heterocycles. The standard InChI is InChI=1S/C16H21N3O3.C2H6/c1-22-15-12(3-2-11-9-16(10-11)4-5-16)8-13(18-19-15)14(21)17-6-7-20;1-2/h2-3,8,11,20H,4-7,9-10H2,1H3,(H,17,21);1-2H3/b3-2+;. The molecule has 1 spiro atoms. The number of allylic oxidation sites excluding steroid dienone is 1. The summed E-state index contributed by atoms with van der Waals surface area (Å²) < 4.78 is 5.20. The number of aliphatic hydroxyl groups is 1. The second kappa shape index (κ2) is 8.24. The fourth-order valence-corrected chi connectivity index (χ4v) is 3.06. The van der Waals surface area contributed by atoms with Gasteiger partial charge in [0, 0.05) is 12.1 Å². The van der Waals surface area contributed by atoms with Crippen molar-refractivity contribution in [2.24, 2.45) is 11.3 Å². The van der Waals surface area contributed by atoms with Gasteiger partial charge in [-0.1, -0.05) is 26.0 Å². The van der Waals surface area contributed by atoms with Gasteiger partial charge in [0.1, 0.15) is 0 Å². The molecule has 1 aromatic heterocycles. The van der Waals surface area contributed by atoms with E-state index in [4.69, 9.17) is 9.84 Å². The van der Waals surface area contributed by atoms with Crippen molar-refractivity contribution in [3.05, 3.63) is 23.4 Å². The van der Waals surface area contributed by atoms with Crippen LogP contribution in [-0.2, 0) is 0 Å². The van der Waals surface area contributed by atoms with Crippen LogP contribution in [0.1, 0.15) is 55.6 Å². The largest absolute Gasteiger partial charge is 0.479 e. The lowest BCUT2D eigenvalue weighted by molar-refractivity contribution is 0.0938. The van der Waals surface area contributed by atoms with Gasteiger partial charge in [0.25, 0.3) is 5.91 Å². The Hall–Kier alpha value is -1.95. The van der Waals surface area contributed by atoms with Crippen LogP contribution in [0, 0.1) is 11.3 Å². The average molecular weight is 333 g/mol. The number of carbonyl (C=O) groups is 1. The number of nitrogens with one attached hydrogen (secondary N) is 1. The Morgan fingerprint density at radius 2 is 2.12 bits per heavy atom. The van der Waals surface area contributed by atoms with Gasteiger partial charge in [0.05, 0.1) is 13.7 Å². The van der Waals surface area contributed by atoms with Gasteiger partial charge in [-0.3, -0.25) is 4.79 Å². The second-order valence-corrected chi connectivity index (χ2v) is 6.20. The molecule has 2 aliphatic rings. The summed E-state index contributed by atoms with van der Waals surface area (Å²) in [6.45, 7) is 4.09. The van der Waals surface area contributed by atoms with Crippen LogP contribution < -0.4 is 10.1 Å². The number of rotatable bonds is 6. The number of nitrogens with zero attached hydrogens (tertiary/aromatic N) is 2. The molecule has 0 aromatic carbocycles. The fourth-order valence-electron chi connectivity index (χ4n) is 3.06. The van der Waals surface area contributed by atoms with Crippen LogP contribution >= 0.6 is 0 Å². The van der Waals surface area contributed by atoms with Gasteiger partial charge >= 0.3 is 0 Å². The van der Waals surface area contributed by atoms with E-state index in [0.29, 0.717) is 17.2 Å². The SMILES string of the molecule is CC.COc1nnc(C(=O)NCCO)cc1/C=C/C1CC2(CC2)C1. The first-order valence-corrected chi connectivity index (χ1v) is 8.65. The topological polar surface area (TPSA) is 84.3 Å². The first kappa shape index (κ1) is 18.4. The summed E-state index contributed by atoms with van der Waals surface area (Å²) >= 11 is 0. The number of methoxy groups -OCH3 is 1. The Bertz CT molecular complexity index is 589. The fraction of sp³-hybridized carbons (Fsp3) is 0.611. The van der Waals surface area contributed by atoms with E-state index in [-0.39, 0.29) is 24.8 Å². The van der Waals surface area contributed by atoms with Gasteiger partial charge < -0.3 is 15.2 Å². The molecular formula is C18H27N3O3. The monoisotopic (exact) mass is 333 g/mol. The summed E-state index contributed by atoms with van der Waals surface area (Å²) in [6, 6.07) is 1.67. The number of carbonyl (C=O) groups excluding carboxylic acids is 1. The molecule has 2 aliphatic carbocycles. The average Bonchev–Trinajstić information content (AvgIpc) is 3.39. The molecule has 0 unspecified atom stereocenters. The van der Waals surface area contributed by atoms with E-state index in [2.05, 4.69) is 21.6 Å². The molecule has 6 heteroatoms. The molecule has 2 N–H and O–H groups in total. The quantitative estimate of drug-likeness (QED) is 0.835. The normalized spacial score (nSPS) is 17.8. The predicted octanol–water partition coefficient (Wildman–Crippen LogP) is 2.44. The minimum absolute atomic E-state index is 0.106. The summed E-state index contributed by atoms with van der Waals surface area (Å²) in [6.07, 6.45) is 9.45. The number of aromatic nitrogens is 2. The van der Waals surface area contributed by atoms with E-state index >= 15 is 0 Å². The van der Waals surface area contributed by atoms with Gasteiger partial charge in [-0.15, -0.1) is 10.2 Å². The Morgan fingerprint density at radius 3 is 2.71 bits per heavy atom. The molecule has 0 aliphatic heterocycles. The zero-order valence-electron chi connectivity index (χ0n) is 14.7. The van der Waals surface area contributed by atoms with Crippen LogP contribution in [0.2, 0.25) is 0 Å². The molecule has 1 aromatic rings. The molecule has 24 heavy (non-hydrogen) atoms. The summed E-state index contributed by atoms with van der Waals surface area (Å²) in [7, 11) is 1.54. The highest BCUT2D eigenvalue weighted by atomic mass is 16.5. The molecule has 0 bridgehead atoms. The van der Waals surface area contributed by atoms with Crippen molar-refractivity contribution in [2.45, 2.75) is 39.5 Å². The van der Waals surface area contributed by atoms with Crippen molar-refractivity contribution >= 4 is 12.0 Å². The third-order valence-electron chi connectivity index (χ3n) is 4.51. The van der Waals surface area contributed by atoms with Crippen LogP contribution in [0.5, 0.6) is 5.88 Å². The number of aliphatic hydroxyl groups excluding tert-OH is 1. The van der Waals surface area contributed by atoms with Crippen molar-refractivity contribution in [1.82, 2.24) is 15.5 Å². The van der Waals surface area contributed by atoms with Crippen molar-refractivity contribution in [3.63, 3.8) is 0 Å². The predicted molar refractivity (Wildman–Crippen MR) is 92.8 cm³/mol. The number of ether oxygens (including phenoxy) is 1. The minimum atomic E-state index is -0.348. The highest BCUT2D eigenvalue weighted by Gasteiger charge is 2.51. The maximum absolute atomic E-state index is 11.9. The van der Waals surface area contributed by atoms with Gasteiger partial charge in [-0.05, 0) is 43.1 Å². The molecule has 2 fully saturated rings. The number of hydrogen-bond acceptors (Lipinski definition) is 5. The Labute approximate surface area is 143 Å². The molecule has 2 saturated carbocycles. The van der Waals surface area contributed by atoms with E-state index in [0.717, 1.165) is 5.56 Å². The lowest BCUT2D eigenvalue weighted by Gasteiger charge is -2.33. The summed E-state index contributed by atoms with van der Waals surface area (Å²) in [5.41, 5.74) is 1.65. The minimum Gasteiger partial charge on any atom is -0.479 e. The molecule has 132 valence electrons. The highest BCUT2D eigenvalue weighted by Crippen LogP contribution is 2.63. The first-order chi connectivity index (χ1) is 11.7. The van der Waals surface area contributed by atoms with Crippen LogP contribution in [-0.4, -0.2) is 41.5 Å². The van der Waals surface area contributed by atoms with Gasteiger partial charge in [0.15, 0.2) is 5.69 Å². The molecule has 1 amide bonds. The maximum Gasteiger partial charge on any atom is 0.271 e. The van der Waals surface area contributed by atoms with Crippen LogP contribution in [0.4, 0.5) is 0 Å². The zero-order valence-corrected chi connectivity index (χ0v) is 14.7. The van der Waals surface area contributed by atoms with Gasteiger partial charge in [-0.2, -0.15) is 0 Å². The Morgan fingerprint density at radius 1 is 1.42 bits per heavy atom. The molecular weight excluding hydrogens is 306 g/mol. The second-order valence-electron chi connectivity index (χ2n) is 6.20. The third kappa shape index (κ3) is 4.32. The van der Waals surface area contributed by atoms with Crippen molar-refractivity contribution in [2.75, 3.05) is 20.3 Å². The van der Waals surface area contributed by atoms with E-state index in [1.54, 1.807) is 6.07 Å². The number of amides is 1. The summed E-state index contributed by atoms with van der Waals surface area (Å²) in [5, 5.41) is 19.1. The molecule has 0 saturated heterocycles. The van der Waals surface area contributed by atoms with Crippen molar-refractivity contribution in [3.8, 4) is 5.88 Å². The lowest BCUT2D eigenvalue weighted by atomic mass is 9.72. The van der Waals surface area contributed by atoms with Crippen molar-refractivity contribution < 1.29 is 14.6 Å². The van der Waals surface area contributed by atoms with Gasteiger partial charge in [-0.25, -0.2) is 0 Å². The van der Waals surface area contributed by atoms with Crippen LogP contribution in [0.3, 0.4) is 0 Å². The lowest BCUT2D eigenvalue weighted by Crippen LogP contribution is -2.27.